The maximum Gasteiger partial charge on any atom is 3.00 e. The molecule has 2 N–H and O–H groups in total. The Morgan fingerprint density at radius 2 is 0.679 bits per heavy atom. The number of hydrogen-bond acceptors (Lipinski definition) is 14. The molecule has 3 radical (unpaired) electrons. The number of carbonyl (C=O) groups is 6. The van der Waals surface area contributed by atoms with E-state index in [0.29, 0.717) is 0 Å². The quantitative estimate of drug-likeness (QED) is 0.198. The number of aliphatic hydroxyl groups is 2. The molecule has 0 aromatic heterocycles. The summed E-state index contributed by atoms with van der Waals surface area (Å²) in [6.45, 7) is 0. The molecule has 0 aliphatic heterocycles. The van der Waals surface area contributed by atoms with Crippen molar-refractivity contribution in [2.24, 2.45) is 0 Å². The largest absolute Gasteiger partial charge is 3.00 e. The summed E-state index contributed by atoms with van der Waals surface area (Å²) in [5.74, 6) is -12.0. The second-order valence-corrected chi connectivity index (χ2v) is 4.83. The SMILES string of the molecule is O=C([O-])CC(O)(CC(=O)[O-])C(=O)[O-].O=C([O-])CC(O)(CC(=O)[O-])C(=O)[O-].[Bi+3].[Nd+3]. The Morgan fingerprint density at radius 3 is 0.750 bits per heavy atom. The second-order valence-electron chi connectivity index (χ2n) is 4.83. The summed E-state index contributed by atoms with van der Waals surface area (Å²) in [6, 6.07) is 0. The fraction of sp³-hybridized carbons (Fsp3) is 0.500. The summed E-state index contributed by atoms with van der Waals surface area (Å²) in [7, 11) is 0. The maximum atomic E-state index is 10.1. The molecule has 0 saturated heterocycles. The topological polar surface area (TPSA) is 281 Å². The molecule has 0 unspecified atom stereocenters. The van der Waals surface area contributed by atoms with E-state index in [0.717, 1.165) is 0 Å². The van der Waals surface area contributed by atoms with Crippen LogP contribution >= 0.6 is 0 Å². The van der Waals surface area contributed by atoms with E-state index >= 15 is 0 Å². The van der Waals surface area contributed by atoms with Crippen molar-refractivity contribution in [3.05, 3.63) is 0 Å². The number of carbonyl (C=O) groups excluding carboxylic acids is 6. The monoisotopic (exact) mass is 729 g/mol. The van der Waals surface area contributed by atoms with Crippen LogP contribution in [-0.2, 0) is 28.8 Å². The molecular formula is C12H10BiNdO14. The van der Waals surface area contributed by atoms with Gasteiger partial charge in [0.1, 0.15) is 11.2 Å². The normalized spacial score (nSPS) is 10.1. The molecule has 151 valence electrons. The Kier molecular flexibility index (Phi) is 18.3. The molecule has 16 heteroatoms. The van der Waals surface area contributed by atoms with Gasteiger partial charge in [-0.2, -0.15) is 0 Å². The smallest absolute Gasteiger partial charge is 0.550 e. The van der Waals surface area contributed by atoms with Gasteiger partial charge in [0.2, 0.25) is 0 Å². The predicted molar refractivity (Wildman–Crippen MR) is 64.2 cm³/mol. The number of aliphatic carboxylic acids is 6. The first-order chi connectivity index (χ1) is 11.6. The molecule has 0 amide bonds. The van der Waals surface area contributed by atoms with Gasteiger partial charge in [-0.05, 0) is 0 Å². The van der Waals surface area contributed by atoms with Gasteiger partial charge in [-0.3, -0.25) is 0 Å². The molecule has 0 heterocycles. The predicted octanol–water partition coefficient (Wildman–Crippen LogP) is -10.9. The van der Waals surface area contributed by atoms with Crippen LogP contribution in [0.15, 0.2) is 0 Å². The van der Waals surface area contributed by atoms with Crippen molar-refractivity contribution in [2.75, 3.05) is 0 Å². The summed E-state index contributed by atoms with van der Waals surface area (Å²) in [4.78, 5) is 60.0. The van der Waals surface area contributed by atoms with Gasteiger partial charge in [0.05, 0.1) is 11.9 Å². The second kappa shape index (κ2) is 14.9. The van der Waals surface area contributed by atoms with E-state index in [4.69, 9.17) is 10.2 Å². The summed E-state index contributed by atoms with van der Waals surface area (Å²) in [5, 5.41) is 77.9. The van der Waals surface area contributed by atoms with E-state index in [1.54, 1.807) is 0 Å². The summed E-state index contributed by atoms with van der Waals surface area (Å²) in [6.07, 6.45) is -5.43. The minimum absolute atomic E-state index is 0. The van der Waals surface area contributed by atoms with Gasteiger partial charge < -0.3 is 69.6 Å². The van der Waals surface area contributed by atoms with Gasteiger partial charge in [-0.25, -0.2) is 0 Å². The van der Waals surface area contributed by atoms with Crippen LogP contribution in [0.4, 0.5) is 0 Å². The van der Waals surface area contributed by atoms with Crippen LogP contribution in [0.5, 0.6) is 0 Å². The van der Waals surface area contributed by atoms with Gasteiger partial charge >= 0.3 is 67.0 Å². The minimum atomic E-state index is -2.97. The third-order valence-corrected chi connectivity index (χ3v) is 2.51. The zero-order valence-electron chi connectivity index (χ0n) is 13.6. The molecule has 0 bridgehead atoms. The van der Waals surface area contributed by atoms with Crippen molar-refractivity contribution in [1.82, 2.24) is 0 Å². The van der Waals surface area contributed by atoms with Gasteiger partial charge in [0.15, 0.2) is 0 Å². The molecule has 0 aliphatic carbocycles. The third-order valence-electron chi connectivity index (χ3n) is 2.51. The van der Waals surface area contributed by atoms with Gasteiger partial charge in [0.25, 0.3) is 0 Å². The van der Waals surface area contributed by atoms with E-state index in [9.17, 15) is 59.4 Å². The fourth-order valence-electron chi connectivity index (χ4n) is 1.37. The van der Waals surface area contributed by atoms with E-state index in [2.05, 4.69) is 0 Å². The van der Waals surface area contributed by atoms with Crippen LogP contribution in [0.2, 0.25) is 0 Å². The van der Waals surface area contributed by atoms with Crippen molar-refractivity contribution in [3.63, 3.8) is 0 Å². The Balaban J connectivity index is -0.000000192. The molecule has 0 aliphatic rings. The molecule has 28 heavy (non-hydrogen) atoms. The van der Waals surface area contributed by atoms with Gasteiger partial charge in [-0.1, -0.05) is 0 Å². The zero-order chi connectivity index (χ0) is 21.3. The molecule has 0 saturated carbocycles. The van der Waals surface area contributed by atoms with E-state index in [-0.39, 0.29) is 67.0 Å². The van der Waals surface area contributed by atoms with Crippen LogP contribution in [-0.4, -0.2) is 83.4 Å². The van der Waals surface area contributed by atoms with Crippen LogP contribution in [0, 0.1) is 40.8 Å². The van der Waals surface area contributed by atoms with Crippen LogP contribution in [0.1, 0.15) is 25.7 Å². The molecule has 14 nitrogen and oxygen atoms in total. The Morgan fingerprint density at radius 1 is 0.536 bits per heavy atom. The number of hydrogen-bond donors (Lipinski definition) is 2. The molecule has 0 aromatic carbocycles. The number of carboxylic acid groups (broad SMARTS) is 6. The van der Waals surface area contributed by atoms with Crippen molar-refractivity contribution >= 4 is 62.0 Å². The first-order valence-electron chi connectivity index (χ1n) is 6.23. The standard InChI is InChI=1S/2C6H8O7.Bi.Nd/c2*7-3(8)1-6(13,5(11)12)2-4(9)10;;/h2*13H,1-2H2,(H,7,8)(H,9,10)(H,11,12);;/q;;2*+3/p-6. The molecular weight excluding hydrogens is 721 g/mol. The van der Waals surface area contributed by atoms with Crippen LogP contribution in [0.3, 0.4) is 0 Å². The number of carboxylic acids is 6. The molecule has 0 atom stereocenters. The fourth-order valence-corrected chi connectivity index (χ4v) is 1.37. The van der Waals surface area contributed by atoms with Crippen LogP contribution in [0.25, 0.3) is 0 Å². The van der Waals surface area contributed by atoms with Crippen molar-refractivity contribution in [1.29, 1.82) is 0 Å². The third kappa shape index (κ3) is 15.0. The van der Waals surface area contributed by atoms with Crippen molar-refractivity contribution in [2.45, 2.75) is 36.9 Å². The first kappa shape index (κ1) is 34.5. The Labute approximate surface area is 207 Å². The summed E-state index contributed by atoms with van der Waals surface area (Å²) < 4.78 is 0. The molecule has 0 spiro atoms. The zero-order valence-corrected chi connectivity index (χ0v) is 20.3. The average molecular weight is 731 g/mol. The Hall–Kier alpha value is -1.03. The molecule has 0 rings (SSSR count). The van der Waals surface area contributed by atoms with Crippen molar-refractivity contribution in [3.8, 4) is 0 Å². The first-order valence-corrected chi connectivity index (χ1v) is 6.23. The summed E-state index contributed by atoms with van der Waals surface area (Å²) >= 11 is 0. The maximum absolute atomic E-state index is 10.1. The van der Waals surface area contributed by atoms with Gasteiger partial charge in [-0.15, -0.1) is 0 Å². The molecule has 0 fully saturated rings. The molecule has 0 aromatic rings. The van der Waals surface area contributed by atoms with Gasteiger partial charge in [0, 0.05) is 49.6 Å². The van der Waals surface area contributed by atoms with E-state index in [1.807, 2.05) is 0 Å². The average Bonchev–Trinajstić information content (AvgIpc) is 2.34. The minimum Gasteiger partial charge on any atom is -0.550 e. The van der Waals surface area contributed by atoms with Crippen molar-refractivity contribution < 1.29 is 110 Å². The van der Waals surface area contributed by atoms with Crippen LogP contribution < -0.4 is 30.6 Å². The van der Waals surface area contributed by atoms with E-state index in [1.165, 1.54) is 0 Å². The Bertz CT molecular complexity index is 519. The van der Waals surface area contributed by atoms with E-state index < -0.39 is 72.7 Å². The number of rotatable bonds is 10. The summed E-state index contributed by atoms with van der Waals surface area (Å²) in [5.41, 5.74) is -5.95.